The van der Waals surface area contributed by atoms with Gasteiger partial charge in [-0.15, -0.1) is 0 Å². The van der Waals surface area contributed by atoms with E-state index in [1.165, 1.54) is 0 Å². The van der Waals surface area contributed by atoms with E-state index in [9.17, 15) is 0 Å². The Labute approximate surface area is 126 Å². The van der Waals surface area contributed by atoms with E-state index in [1.807, 2.05) is 11.7 Å². The van der Waals surface area contributed by atoms with Gasteiger partial charge in [0.2, 0.25) is 0 Å². The van der Waals surface area contributed by atoms with Gasteiger partial charge in [-0.05, 0) is 39.8 Å². The molecule has 1 saturated heterocycles. The molecule has 1 unspecified atom stereocenters. The van der Waals surface area contributed by atoms with E-state index in [2.05, 4.69) is 39.3 Å². The van der Waals surface area contributed by atoms with Gasteiger partial charge in [-0.2, -0.15) is 5.10 Å². The van der Waals surface area contributed by atoms with Gasteiger partial charge in [-0.3, -0.25) is 0 Å². The standard InChI is InChI=1S/C14H21BN6/c1-14(5-4-7-20(3)8-6-14)21-13-10(11(15)19-21)12(16-2)17-9-18-13/h9H,4-8H2,1-3H3,(H,16,17,18). The van der Waals surface area contributed by atoms with Gasteiger partial charge in [0.15, 0.2) is 5.65 Å². The van der Waals surface area contributed by atoms with E-state index in [-0.39, 0.29) is 5.54 Å². The largest absolute Gasteiger partial charge is 0.372 e. The van der Waals surface area contributed by atoms with Gasteiger partial charge >= 0.3 is 0 Å². The summed E-state index contributed by atoms with van der Waals surface area (Å²) in [5.74, 6) is 0.734. The first-order valence-corrected chi connectivity index (χ1v) is 7.41. The topological polar surface area (TPSA) is 58.9 Å². The van der Waals surface area contributed by atoms with Gasteiger partial charge in [-0.25, -0.2) is 14.6 Å². The third-order valence-electron chi connectivity index (χ3n) is 4.53. The Balaban J connectivity index is 2.12. The SMILES string of the molecule is [B]c1nn(C2(C)CCCN(C)CC2)c2ncnc(NC)c12. The zero-order valence-electron chi connectivity index (χ0n) is 12.9. The number of nitrogens with one attached hydrogen (secondary N) is 1. The summed E-state index contributed by atoms with van der Waals surface area (Å²) in [6.45, 7) is 4.43. The monoisotopic (exact) mass is 284 g/mol. The molecule has 1 fully saturated rings. The fourth-order valence-electron chi connectivity index (χ4n) is 3.15. The van der Waals surface area contributed by atoms with Crippen molar-refractivity contribution in [3.8, 4) is 0 Å². The maximum atomic E-state index is 6.12. The van der Waals surface area contributed by atoms with Crippen LogP contribution in [0.25, 0.3) is 11.0 Å². The maximum absolute atomic E-state index is 6.12. The van der Waals surface area contributed by atoms with E-state index in [4.69, 9.17) is 7.85 Å². The van der Waals surface area contributed by atoms with Crippen molar-refractivity contribution in [2.24, 2.45) is 0 Å². The smallest absolute Gasteiger partial charge is 0.163 e. The van der Waals surface area contributed by atoms with Gasteiger partial charge < -0.3 is 10.2 Å². The molecule has 0 bridgehead atoms. The summed E-state index contributed by atoms with van der Waals surface area (Å²) < 4.78 is 2.01. The van der Waals surface area contributed by atoms with Crippen LogP contribution in [-0.4, -0.2) is 59.7 Å². The van der Waals surface area contributed by atoms with Crippen molar-refractivity contribution in [2.75, 3.05) is 32.5 Å². The first kappa shape index (κ1) is 14.3. The average molecular weight is 284 g/mol. The molecule has 2 radical (unpaired) electrons. The molecule has 3 heterocycles. The summed E-state index contributed by atoms with van der Waals surface area (Å²) in [7, 11) is 10.1. The third kappa shape index (κ3) is 2.39. The maximum Gasteiger partial charge on any atom is 0.163 e. The molecule has 1 aliphatic rings. The fourth-order valence-corrected chi connectivity index (χ4v) is 3.15. The van der Waals surface area contributed by atoms with E-state index in [0.29, 0.717) is 5.59 Å². The molecule has 0 saturated carbocycles. The molecule has 1 N–H and O–H groups in total. The van der Waals surface area contributed by atoms with Crippen LogP contribution in [0.3, 0.4) is 0 Å². The minimum Gasteiger partial charge on any atom is -0.372 e. The second-order valence-corrected chi connectivity index (χ2v) is 6.12. The molecule has 110 valence electrons. The Kier molecular flexibility index (Phi) is 3.61. The van der Waals surface area contributed by atoms with E-state index < -0.39 is 0 Å². The van der Waals surface area contributed by atoms with Crippen LogP contribution in [0.15, 0.2) is 6.33 Å². The molecule has 1 aliphatic heterocycles. The molecule has 3 rings (SSSR count). The Morgan fingerprint density at radius 3 is 2.86 bits per heavy atom. The van der Waals surface area contributed by atoms with Gasteiger partial charge in [0, 0.05) is 19.2 Å². The van der Waals surface area contributed by atoms with Gasteiger partial charge in [0.25, 0.3) is 0 Å². The van der Waals surface area contributed by atoms with Gasteiger partial charge in [-0.1, -0.05) is 0 Å². The molecule has 2 aromatic rings. The van der Waals surface area contributed by atoms with Crippen molar-refractivity contribution in [2.45, 2.75) is 31.7 Å². The predicted molar refractivity (Wildman–Crippen MR) is 85.3 cm³/mol. The van der Waals surface area contributed by atoms with Crippen LogP contribution in [0.1, 0.15) is 26.2 Å². The molecule has 1 atom stereocenters. The highest BCUT2D eigenvalue weighted by molar-refractivity contribution is 6.38. The molecule has 21 heavy (non-hydrogen) atoms. The van der Waals surface area contributed by atoms with Crippen molar-refractivity contribution in [1.29, 1.82) is 0 Å². The summed E-state index contributed by atoms with van der Waals surface area (Å²) >= 11 is 0. The van der Waals surface area contributed by atoms with Crippen LogP contribution in [-0.2, 0) is 5.54 Å². The first-order chi connectivity index (χ1) is 10.0. The molecule has 7 heteroatoms. The minimum atomic E-state index is -0.0556. The summed E-state index contributed by atoms with van der Waals surface area (Å²) in [6.07, 6.45) is 4.83. The lowest BCUT2D eigenvalue weighted by Gasteiger charge is -2.29. The van der Waals surface area contributed by atoms with Crippen LogP contribution < -0.4 is 10.9 Å². The Bertz CT molecular complexity index is 654. The number of anilines is 1. The first-order valence-electron chi connectivity index (χ1n) is 7.41. The number of hydrogen-bond acceptors (Lipinski definition) is 5. The van der Waals surface area contributed by atoms with E-state index in [0.717, 1.165) is 49.2 Å². The van der Waals surface area contributed by atoms with Crippen LogP contribution in [0.5, 0.6) is 0 Å². The summed E-state index contributed by atoms with van der Waals surface area (Å²) in [4.78, 5) is 11.0. The van der Waals surface area contributed by atoms with Gasteiger partial charge in [0.1, 0.15) is 20.0 Å². The zero-order valence-corrected chi connectivity index (χ0v) is 12.9. The lowest BCUT2D eigenvalue weighted by Crippen LogP contribution is -2.33. The lowest BCUT2D eigenvalue weighted by molar-refractivity contribution is 0.251. The molecule has 6 nitrogen and oxygen atoms in total. The summed E-state index contributed by atoms with van der Waals surface area (Å²) in [5.41, 5.74) is 1.26. The Morgan fingerprint density at radius 1 is 1.29 bits per heavy atom. The highest BCUT2D eigenvalue weighted by Gasteiger charge is 2.32. The van der Waals surface area contributed by atoms with E-state index >= 15 is 0 Å². The number of likely N-dealkylation sites (tertiary alicyclic amines) is 1. The summed E-state index contributed by atoms with van der Waals surface area (Å²) in [5, 5.41) is 8.48. The minimum absolute atomic E-state index is 0.0556. The Morgan fingerprint density at radius 2 is 2.10 bits per heavy atom. The fraction of sp³-hybridized carbons (Fsp3) is 0.643. The normalized spacial score (nSPS) is 24.1. The van der Waals surface area contributed by atoms with Crippen LogP contribution in [0, 0.1) is 0 Å². The summed E-state index contributed by atoms with van der Waals surface area (Å²) in [6, 6.07) is 0. The molecular weight excluding hydrogens is 263 g/mol. The number of nitrogens with zero attached hydrogens (tertiary/aromatic N) is 5. The van der Waals surface area contributed by atoms with Crippen molar-refractivity contribution in [3.63, 3.8) is 0 Å². The number of hydrogen-bond donors (Lipinski definition) is 1. The number of rotatable bonds is 2. The second-order valence-electron chi connectivity index (χ2n) is 6.12. The average Bonchev–Trinajstić information content (AvgIpc) is 2.73. The second kappa shape index (κ2) is 5.29. The molecule has 0 spiro atoms. The number of fused-ring (bicyclic) bond motifs is 1. The van der Waals surface area contributed by atoms with Gasteiger partial charge in [0.05, 0.1) is 10.9 Å². The molecule has 0 amide bonds. The van der Waals surface area contributed by atoms with Crippen molar-refractivity contribution in [3.05, 3.63) is 6.33 Å². The number of aromatic nitrogens is 4. The van der Waals surface area contributed by atoms with Crippen molar-refractivity contribution in [1.82, 2.24) is 24.6 Å². The quantitative estimate of drug-likeness (QED) is 0.813. The van der Waals surface area contributed by atoms with Crippen molar-refractivity contribution >= 4 is 30.3 Å². The lowest BCUT2D eigenvalue weighted by atomic mass is 9.93. The highest BCUT2D eigenvalue weighted by Crippen LogP contribution is 2.31. The molecule has 2 aromatic heterocycles. The molecule has 0 aromatic carbocycles. The zero-order chi connectivity index (χ0) is 15.0. The van der Waals surface area contributed by atoms with Crippen LogP contribution in [0.2, 0.25) is 0 Å². The van der Waals surface area contributed by atoms with Crippen LogP contribution in [0.4, 0.5) is 5.82 Å². The predicted octanol–water partition coefficient (Wildman–Crippen LogP) is 0.493. The molecular formula is C14H21BN6. The Hall–Kier alpha value is -1.63. The van der Waals surface area contributed by atoms with Crippen LogP contribution >= 0.6 is 0 Å². The van der Waals surface area contributed by atoms with Crippen molar-refractivity contribution < 1.29 is 0 Å². The third-order valence-corrected chi connectivity index (χ3v) is 4.53. The highest BCUT2D eigenvalue weighted by atomic mass is 15.4. The molecule has 0 aliphatic carbocycles. The van der Waals surface area contributed by atoms with E-state index in [1.54, 1.807) is 6.33 Å².